The van der Waals surface area contributed by atoms with Crippen molar-refractivity contribution in [3.63, 3.8) is 0 Å². The van der Waals surface area contributed by atoms with Crippen LogP contribution in [0, 0.1) is 11.3 Å². The molecule has 2 atom stereocenters. The number of ether oxygens (including phenoxy) is 1. The molecule has 0 rings (SSSR count). The zero-order valence-corrected chi connectivity index (χ0v) is 13.6. The van der Waals surface area contributed by atoms with Gasteiger partial charge in [0, 0.05) is 19.6 Å². The number of aliphatic carboxylic acids is 1. The van der Waals surface area contributed by atoms with Gasteiger partial charge in [-0.15, -0.1) is 0 Å². The molecule has 2 unspecified atom stereocenters. The normalized spacial score (nSPS) is 14.0. The van der Waals surface area contributed by atoms with Gasteiger partial charge in [0.1, 0.15) is 0 Å². The highest BCUT2D eigenvalue weighted by Gasteiger charge is 2.30. The molecule has 0 aliphatic rings. The minimum Gasteiger partial charge on any atom is -0.481 e. The Balaban J connectivity index is 4.68. The van der Waals surface area contributed by atoms with Crippen molar-refractivity contribution in [3.05, 3.63) is 0 Å². The van der Waals surface area contributed by atoms with E-state index >= 15 is 0 Å². The van der Waals surface area contributed by atoms with Crippen LogP contribution in [-0.2, 0) is 14.3 Å². The standard InChI is InChI=1S/C14H26N2O5/c1-9(12(19)21-6)8-16(5)13(20)15-10(7-11(17)18)14(2,3)4/h9-10H,7-8H2,1-6H3,(H,15,20)(H,17,18). The number of carbonyl (C=O) groups excluding carboxylic acids is 2. The second kappa shape index (κ2) is 7.85. The molecule has 7 nitrogen and oxygen atoms in total. The first-order valence-corrected chi connectivity index (χ1v) is 6.80. The largest absolute Gasteiger partial charge is 0.481 e. The maximum Gasteiger partial charge on any atom is 0.317 e. The number of amides is 2. The lowest BCUT2D eigenvalue weighted by atomic mass is 9.85. The zero-order valence-electron chi connectivity index (χ0n) is 13.6. The van der Waals surface area contributed by atoms with Gasteiger partial charge in [-0.2, -0.15) is 0 Å². The second-order valence-corrected chi connectivity index (χ2v) is 6.27. The van der Waals surface area contributed by atoms with E-state index in [2.05, 4.69) is 10.1 Å². The van der Waals surface area contributed by atoms with E-state index in [1.165, 1.54) is 12.0 Å². The monoisotopic (exact) mass is 302 g/mol. The number of nitrogens with zero attached hydrogens (tertiary/aromatic N) is 1. The van der Waals surface area contributed by atoms with E-state index < -0.39 is 29.9 Å². The Bertz CT molecular complexity index is 389. The fourth-order valence-corrected chi connectivity index (χ4v) is 1.78. The van der Waals surface area contributed by atoms with E-state index in [0.717, 1.165) is 0 Å². The topological polar surface area (TPSA) is 95.9 Å². The van der Waals surface area contributed by atoms with Gasteiger partial charge in [0.15, 0.2) is 0 Å². The molecule has 2 amide bonds. The quantitative estimate of drug-likeness (QED) is 0.722. The summed E-state index contributed by atoms with van der Waals surface area (Å²) in [7, 11) is 2.84. The highest BCUT2D eigenvalue weighted by Crippen LogP contribution is 2.22. The summed E-state index contributed by atoms with van der Waals surface area (Å²) < 4.78 is 4.61. The van der Waals surface area contributed by atoms with Gasteiger partial charge in [0.25, 0.3) is 0 Å². The van der Waals surface area contributed by atoms with Gasteiger partial charge < -0.3 is 20.1 Å². The van der Waals surface area contributed by atoms with Crippen molar-refractivity contribution in [3.8, 4) is 0 Å². The molecule has 0 radical (unpaired) electrons. The molecule has 0 fully saturated rings. The number of carboxylic acids is 1. The van der Waals surface area contributed by atoms with E-state index in [4.69, 9.17) is 5.11 Å². The number of rotatable bonds is 6. The van der Waals surface area contributed by atoms with Crippen LogP contribution in [0.25, 0.3) is 0 Å². The predicted octanol–water partition coefficient (Wildman–Crippen LogP) is 1.33. The van der Waals surface area contributed by atoms with Crippen molar-refractivity contribution in [1.29, 1.82) is 0 Å². The Kier molecular flexibility index (Phi) is 7.18. The third-order valence-corrected chi connectivity index (χ3v) is 3.22. The zero-order chi connectivity index (χ0) is 16.8. The molecule has 7 heteroatoms. The molecule has 0 aromatic rings. The summed E-state index contributed by atoms with van der Waals surface area (Å²) in [6, 6.07) is -0.912. The van der Waals surface area contributed by atoms with Gasteiger partial charge in [-0.1, -0.05) is 27.7 Å². The first kappa shape index (κ1) is 19.2. The fraction of sp³-hybridized carbons (Fsp3) is 0.786. The van der Waals surface area contributed by atoms with Crippen LogP contribution in [0.1, 0.15) is 34.1 Å². The molecule has 0 aromatic heterocycles. The van der Waals surface area contributed by atoms with E-state index in [1.54, 1.807) is 14.0 Å². The average Bonchev–Trinajstić information content (AvgIpc) is 2.34. The molecule has 2 N–H and O–H groups in total. The van der Waals surface area contributed by atoms with Gasteiger partial charge in [-0.3, -0.25) is 9.59 Å². The van der Waals surface area contributed by atoms with Crippen molar-refractivity contribution < 1.29 is 24.2 Å². The molecule has 0 spiro atoms. The summed E-state index contributed by atoms with van der Waals surface area (Å²) in [6.07, 6.45) is -0.157. The Hall–Kier alpha value is -1.79. The van der Waals surface area contributed by atoms with Crippen molar-refractivity contribution in [2.24, 2.45) is 11.3 Å². The number of carboxylic acid groups (broad SMARTS) is 1. The summed E-state index contributed by atoms with van der Waals surface area (Å²) in [5.74, 6) is -1.81. The molecule has 0 bridgehead atoms. The minimum absolute atomic E-state index is 0.157. The molecule has 21 heavy (non-hydrogen) atoms. The van der Waals surface area contributed by atoms with Gasteiger partial charge >= 0.3 is 18.0 Å². The maximum absolute atomic E-state index is 12.1. The Labute approximate surface area is 125 Å². The molecule has 0 aromatic carbocycles. The lowest BCUT2D eigenvalue weighted by Crippen LogP contribution is -2.50. The molecule has 0 heterocycles. The van der Waals surface area contributed by atoms with E-state index in [0.29, 0.717) is 0 Å². The van der Waals surface area contributed by atoms with Crippen molar-refractivity contribution in [1.82, 2.24) is 10.2 Å². The third kappa shape index (κ3) is 6.97. The van der Waals surface area contributed by atoms with Gasteiger partial charge in [0.2, 0.25) is 0 Å². The molecule has 0 saturated heterocycles. The van der Waals surface area contributed by atoms with Crippen molar-refractivity contribution >= 4 is 18.0 Å². The number of hydrogen-bond acceptors (Lipinski definition) is 4. The SMILES string of the molecule is COC(=O)C(C)CN(C)C(=O)NC(CC(=O)O)C(C)(C)C. The predicted molar refractivity (Wildman–Crippen MR) is 77.8 cm³/mol. The first-order chi connectivity index (χ1) is 9.48. The van der Waals surface area contributed by atoms with Crippen molar-refractivity contribution in [2.45, 2.75) is 40.2 Å². The fourth-order valence-electron chi connectivity index (χ4n) is 1.78. The molecular formula is C14H26N2O5. The van der Waals surface area contributed by atoms with Crippen LogP contribution in [0.3, 0.4) is 0 Å². The average molecular weight is 302 g/mol. The van der Waals surface area contributed by atoms with Crippen LogP contribution < -0.4 is 5.32 Å². The second-order valence-electron chi connectivity index (χ2n) is 6.27. The summed E-state index contributed by atoms with van der Waals surface area (Å²) in [5, 5.41) is 11.6. The van der Waals surface area contributed by atoms with Gasteiger partial charge in [-0.25, -0.2) is 4.79 Å². The third-order valence-electron chi connectivity index (χ3n) is 3.22. The smallest absolute Gasteiger partial charge is 0.317 e. The van der Waals surface area contributed by atoms with Crippen LogP contribution in [0.4, 0.5) is 4.79 Å². The molecule has 0 aliphatic heterocycles. The molecule has 0 aliphatic carbocycles. The number of esters is 1. The van der Waals surface area contributed by atoms with Crippen LogP contribution in [-0.4, -0.2) is 54.7 Å². The summed E-state index contributed by atoms with van der Waals surface area (Å²) in [5.41, 5.74) is -0.386. The molecule has 122 valence electrons. The lowest BCUT2D eigenvalue weighted by molar-refractivity contribution is -0.145. The maximum atomic E-state index is 12.1. The molecular weight excluding hydrogens is 276 g/mol. The van der Waals surface area contributed by atoms with Gasteiger partial charge in [-0.05, 0) is 5.41 Å². The highest BCUT2D eigenvalue weighted by molar-refractivity contribution is 5.77. The summed E-state index contributed by atoms with van der Waals surface area (Å²) in [4.78, 5) is 35.7. The minimum atomic E-state index is -0.971. The summed E-state index contributed by atoms with van der Waals surface area (Å²) >= 11 is 0. The number of nitrogens with one attached hydrogen (secondary N) is 1. The Morgan fingerprint density at radius 3 is 2.19 bits per heavy atom. The molecule has 0 saturated carbocycles. The van der Waals surface area contributed by atoms with Crippen LogP contribution in [0.5, 0.6) is 0 Å². The first-order valence-electron chi connectivity index (χ1n) is 6.80. The van der Waals surface area contributed by atoms with E-state index in [1.807, 2.05) is 20.8 Å². The number of carbonyl (C=O) groups is 3. The number of urea groups is 1. The van der Waals surface area contributed by atoms with E-state index in [-0.39, 0.29) is 18.4 Å². The number of hydrogen-bond donors (Lipinski definition) is 2. The summed E-state index contributed by atoms with van der Waals surface area (Å²) in [6.45, 7) is 7.43. The van der Waals surface area contributed by atoms with E-state index in [9.17, 15) is 14.4 Å². The van der Waals surface area contributed by atoms with Crippen LogP contribution >= 0.6 is 0 Å². The lowest BCUT2D eigenvalue weighted by Gasteiger charge is -2.32. The highest BCUT2D eigenvalue weighted by atomic mass is 16.5. The van der Waals surface area contributed by atoms with Crippen LogP contribution in [0.15, 0.2) is 0 Å². The van der Waals surface area contributed by atoms with Crippen LogP contribution in [0.2, 0.25) is 0 Å². The Morgan fingerprint density at radius 2 is 1.81 bits per heavy atom. The van der Waals surface area contributed by atoms with Gasteiger partial charge in [0.05, 0.1) is 19.4 Å². The van der Waals surface area contributed by atoms with Crippen molar-refractivity contribution in [2.75, 3.05) is 20.7 Å². The number of methoxy groups -OCH3 is 1. The Morgan fingerprint density at radius 1 is 1.29 bits per heavy atom.